The van der Waals surface area contributed by atoms with Crippen LogP contribution in [0.3, 0.4) is 0 Å². The topological polar surface area (TPSA) is 66.5 Å². The number of carbonyl (C=O) groups is 1. The number of anilines is 1. The van der Waals surface area contributed by atoms with Gasteiger partial charge in [0.05, 0.1) is 10.8 Å². The predicted octanol–water partition coefficient (Wildman–Crippen LogP) is 4.99. The molecule has 1 amide bonds. The van der Waals surface area contributed by atoms with Crippen LogP contribution < -0.4 is 5.32 Å². The highest BCUT2D eigenvalue weighted by molar-refractivity contribution is 7.89. The zero-order valence-corrected chi connectivity index (χ0v) is 19.4. The molecule has 5 nitrogen and oxygen atoms in total. The van der Waals surface area contributed by atoms with Crippen molar-refractivity contribution in [3.05, 3.63) is 85.0 Å². The highest BCUT2D eigenvalue weighted by Gasteiger charge is 2.22. The minimum atomic E-state index is -3.66. The number of hydrogen-bond donors (Lipinski definition) is 1. The summed E-state index contributed by atoms with van der Waals surface area (Å²) < 4.78 is 26.8. The Morgan fingerprint density at radius 1 is 0.968 bits per heavy atom. The standard InChI is InChI=1S/C25H32N2O3S/c1-6-16-27(17-7-2)31(29,30)24-14-12-23(13-15-24)26-25(28)20(5)22-10-8-21(9-11-22)18-19(3)4/h6-15,19-20H,1-2,16-18H2,3-5H3,(H,26,28). The molecule has 6 heteroatoms. The van der Waals surface area contributed by atoms with Gasteiger partial charge in [0.15, 0.2) is 0 Å². The largest absolute Gasteiger partial charge is 0.326 e. The number of amides is 1. The Bertz CT molecular complexity index is 984. The van der Waals surface area contributed by atoms with Crippen LogP contribution in [0.25, 0.3) is 0 Å². The Morgan fingerprint density at radius 3 is 2.00 bits per heavy atom. The molecule has 0 radical (unpaired) electrons. The number of nitrogens with one attached hydrogen (secondary N) is 1. The van der Waals surface area contributed by atoms with Gasteiger partial charge < -0.3 is 5.32 Å². The van der Waals surface area contributed by atoms with Gasteiger partial charge in [0.2, 0.25) is 15.9 Å². The first-order valence-electron chi connectivity index (χ1n) is 10.4. The van der Waals surface area contributed by atoms with Crippen molar-refractivity contribution in [2.24, 2.45) is 5.92 Å². The van der Waals surface area contributed by atoms with Crippen molar-refractivity contribution in [3.63, 3.8) is 0 Å². The lowest BCUT2D eigenvalue weighted by Crippen LogP contribution is -2.31. The van der Waals surface area contributed by atoms with E-state index in [1.807, 2.05) is 19.1 Å². The monoisotopic (exact) mass is 440 g/mol. The average molecular weight is 441 g/mol. The van der Waals surface area contributed by atoms with Gasteiger partial charge in [-0.25, -0.2) is 8.42 Å². The SMILES string of the molecule is C=CCN(CC=C)S(=O)(=O)c1ccc(NC(=O)C(C)c2ccc(CC(C)C)cc2)cc1. The summed E-state index contributed by atoms with van der Waals surface area (Å²) in [7, 11) is -3.66. The van der Waals surface area contributed by atoms with Crippen molar-refractivity contribution in [1.29, 1.82) is 0 Å². The molecule has 0 aliphatic carbocycles. The van der Waals surface area contributed by atoms with Crippen LogP contribution in [0.15, 0.2) is 78.7 Å². The maximum Gasteiger partial charge on any atom is 0.243 e. The number of benzene rings is 2. The molecule has 0 aliphatic rings. The third-order valence-electron chi connectivity index (χ3n) is 4.94. The average Bonchev–Trinajstić information content (AvgIpc) is 2.73. The van der Waals surface area contributed by atoms with Crippen LogP contribution in [0.2, 0.25) is 0 Å². The Labute approximate surface area is 186 Å². The first kappa shape index (κ1) is 24.6. The van der Waals surface area contributed by atoms with E-state index in [1.54, 1.807) is 12.1 Å². The van der Waals surface area contributed by atoms with E-state index >= 15 is 0 Å². The van der Waals surface area contributed by atoms with Crippen molar-refractivity contribution < 1.29 is 13.2 Å². The molecule has 0 saturated carbocycles. The van der Waals surface area contributed by atoms with Gasteiger partial charge in [-0.15, -0.1) is 13.2 Å². The van der Waals surface area contributed by atoms with Crippen LogP contribution in [0.5, 0.6) is 0 Å². The number of sulfonamides is 1. The second kappa shape index (κ2) is 11.1. The number of carbonyl (C=O) groups excluding carboxylic acids is 1. The van der Waals surface area contributed by atoms with E-state index in [0.717, 1.165) is 12.0 Å². The van der Waals surface area contributed by atoms with Crippen LogP contribution in [-0.4, -0.2) is 31.7 Å². The molecule has 0 saturated heterocycles. The predicted molar refractivity (Wildman–Crippen MR) is 128 cm³/mol. The summed E-state index contributed by atoms with van der Waals surface area (Å²) in [5.41, 5.74) is 2.74. The van der Waals surface area contributed by atoms with E-state index in [9.17, 15) is 13.2 Å². The normalized spacial score (nSPS) is 12.5. The minimum Gasteiger partial charge on any atom is -0.326 e. The van der Waals surface area contributed by atoms with Gasteiger partial charge >= 0.3 is 0 Å². The fraction of sp³-hybridized carbons (Fsp3) is 0.320. The van der Waals surface area contributed by atoms with E-state index in [1.165, 1.54) is 34.2 Å². The fourth-order valence-electron chi connectivity index (χ4n) is 3.23. The van der Waals surface area contributed by atoms with Gasteiger partial charge in [0, 0.05) is 18.8 Å². The molecule has 2 aromatic rings. The zero-order chi connectivity index (χ0) is 23.0. The maximum absolute atomic E-state index is 12.8. The molecule has 2 aromatic carbocycles. The molecule has 0 aromatic heterocycles. The molecule has 0 fully saturated rings. The smallest absolute Gasteiger partial charge is 0.243 e. The highest BCUT2D eigenvalue weighted by Crippen LogP contribution is 2.22. The van der Waals surface area contributed by atoms with Crippen molar-refractivity contribution >= 4 is 21.6 Å². The lowest BCUT2D eigenvalue weighted by Gasteiger charge is -2.19. The summed E-state index contributed by atoms with van der Waals surface area (Å²) in [6.07, 6.45) is 4.08. The van der Waals surface area contributed by atoms with Gasteiger partial charge in [0.25, 0.3) is 0 Å². The second-order valence-electron chi connectivity index (χ2n) is 7.97. The summed E-state index contributed by atoms with van der Waals surface area (Å²) in [5, 5.41) is 2.87. The molecule has 0 bridgehead atoms. The molecular weight excluding hydrogens is 408 g/mol. The third-order valence-corrected chi connectivity index (χ3v) is 6.79. The van der Waals surface area contributed by atoms with Gasteiger partial charge in [-0.2, -0.15) is 4.31 Å². The zero-order valence-electron chi connectivity index (χ0n) is 18.5. The Kier molecular flexibility index (Phi) is 8.77. The summed E-state index contributed by atoms with van der Waals surface area (Å²) in [6, 6.07) is 14.3. The van der Waals surface area contributed by atoms with Crippen molar-refractivity contribution in [2.45, 2.75) is 38.0 Å². The highest BCUT2D eigenvalue weighted by atomic mass is 32.2. The van der Waals surface area contributed by atoms with E-state index in [4.69, 9.17) is 0 Å². The van der Waals surface area contributed by atoms with Gasteiger partial charge in [-0.1, -0.05) is 50.3 Å². The molecule has 31 heavy (non-hydrogen) atoms. The number of hydrogen-bond acceptors (Lipinski definition) is 3. The molecule has 166 valence electrons. The Morgan fingerprint density at radius 2 is 1.52 bits per heavy atom. The Balaban J connectivity index is 2.08. The molecular formula is C25H32N2O3S. The fourth-order valence-corrected chi connectivity index (χ4v) is 4.62. The summed E-state index contributed by atoms with van der Waals surface area (Å²) in [5.74, 6) is 0.110. The third kappa shape index (κ3) is 6.64. The van der Waals surface area contributed by atoms with E-state index in [-0.39, 0.29) is 29.8 Å². The summed E-state index contributed by atoms with van der Waals surface area (Å²) in [4.78, 5) is 12.8. The maximum atomic E-state index is 12.8. The quantitative estimate of drug-likeness (QED) is 0.501. The molecule has 1 atom stereocenters. The summed E-state index contributed by atoms with van der Waals surface area (Å²) >= 11 is 0. The number of nitrogens with zero attached hydrogens (tertiary/aromatic N) is 1. The Hall–Kier alpha value is -2.70. The van der Waals surface area contributed by atoms with Crippen LogP contribution in [0, 0.1) is 5.92 Å². The molecule has 1 N–H and O–H groups in total. The van der Waals surface area contributed by atoms with Crippen molar-refractivity contribution in [2.75, 3.05) is 18.4 Å². The molecule has 0 spiro atoms. The molecule has 1 unspecified atom stereocenters. The van der Waals surface area contributed by atoms with E-state index in [2.05, 4.69) is 44.5 Å². The molecule has 0 aliphatic heterocycles. The van der Waals surface area contributed by atoms with Crippen molar-refractivity contribution in [3.8, 4) is 0 Å². The summed E-state index contributed by atoms with van der Waals surface area (Å²) in [6.45, 7) is 13.8. The lowest BCUT2D eigenvalue weighted by molar-refractivity contribution is -0.117. The molecule has 2 rings (SSSR count). The van der Waals surface area contributed by atoms with Gasteiger partial charge in [0.1, 0.15) is 0 Å². The van der Waals surface area contributed by atoms with Gasteiger partial charge in [-0.05, 0) is 54.7 Å². The molecule has 0 heterocycles. The van der Waals surface area contributed by atoms with Crippen LogP contribution >= 0.6 is 0 Å². The first-order valence-corrected chi connectivity index (χ1v) is 11.8. The first-order chi connectivity index (χ1) is 14.7. The minimum absolute atomic E-state index is 0.146. The van der Waals surface area contributed by atoms with Crippen LogP contribution in [-0.2, 0) is 21.2 Å². The van der Waals surface area contributed by atoms with Gasteiger partial charge in [-0.3, -0.25) is 4.79 Å². The van der Waals surface area contributed by atoms with Crippen LogP contribution in [0.4, 0.5) is 5.69 Å². The van der Waals surface area contributed by atoms with E-state index in [0.29, 0.717) is 11.6 Å². The number of rotatable bonds is 11. The lowest BCUT2D eigenvalue weighted by atomic mass is 9.96. The van der Waals surface area contributed by atoms with E-state index < -0.39 is 10.0 Å². The van der Waals surface area contributed by atoms with Crippen molar-refractivity contribution in [1.82, 2.24) is 4.31 Å². The second-order valence-corrected chi connectivity index (χ2v) is 9.91. The van der Waals surface area contributed by atoms with Crippen LogP contribution in [0.1, 0.15) is 37.8 Å².